The minimum Gasteiger partial charge on any atom is -0.323 e. The summed E-state index contributed by atoms with van der Waals surface area (Å²) in [7, 11) is 0. The molecule has 0 saturated carbocycles. The summed E-state index contributed by atoms with van der Waals surface area (Å²) in [5.74, 6) is -0.359. The van der Waals surface area contributed by atoms with E-state index in [0.717, 1.165) is 10.6 Å². The Balaban J connectivity index is 2.50. The maximum Gasteiger partial charge on any atom is 0.134 e. The topological polar surface area (TPSA) is 38.9 Å². The van der Waals surface area contributed by atoms with E-state index in [9.17, 15) is 4.39 Å². The van der Waals surface area contributed by atoms with Gasteiger partial charge in [0.05, 0.1) is 5.69 Å². The lowest BCUT2D eigenvalue weighted by Crippen LogP contribution is -2.03. The van der Waals surface area contributed by atoms with Crippen molar-refractivity contribution in [3.05, 3.63) is 39.6 Å². The molecule has 0 aliphatic heterocycles. The summed E-state index contributed by atoms with van der Waals surface area (Å²) >= 11 is 7.14. The van der Waals surface area contributed by atoms with E-state index in [0.29, 0.717) is 15.6 Å². The van der Waals surface area contributed by atoms with E-state index >= 15 is 0 Å². The molecule has 2 rings (SSSR count). The minimum absolute atomic E-state index is 0.0865. The number of hydrogen-bond donors (Lipinski definition) is 1. The molecule has 1 aromatic heterocycles. The third kappa shape index (κ3) is 2.49. The molecule has 1 aromatic carbocycles. The van der Waals surface area contributed by atoms with Crippen LogP contribution in [-0.4, -0.2) is 4.98 Å². The second-order valence-electron chi connectivity index (χ2n) is 3.88. The number of halogens is 2. The van der Waals surface area contributed by atoms with Gasteiger partial charge in [-0.2, -0.15) is 0 Å². The van der Waals surface area contributed by atoms with E-state index in [2.05, 4.69) is 4.98 Å². The molecule has 5 heteroatoms. The Bertz CT molecular complexity index is 551. The third-order valence-electron chi connectivity index (χ3n) is 2.41. The highest BCUT2D eigenvalue weighted by atomic mass is 35.5. The fourth-order valence-corrected chi connectivity index (χ4v) is 2.81. The Morgan fingerprint density at radius 3 is 2.71 bits per heavy atom. The van der Waals surface area contributed by atoms with Crippen molar-refractivity contribution in [1.29, 1.82) is 0 Å². The molecule has 2 N–H and O–H groups in total. The van der Waals surface area contributed by atoms with E-state index in [4.69, 9.17) is 17.3 Å². The minimum atomic E-state index is -0.359. The summed E-state index contributed by atoms with van der Waals surface area (Å²) in [6.45, 7) is 3.77. The molecule has 1 atom stereocenters. The molecule has 2 nitrogen and oxygen atoms in total. The van der Waals surface area contributed by atoms with Crippen LogP contribution in [0.3, 0.4) is 0 Å². The Morgan fingerprint density at radius 2 is 2.18 bits per heavy atom. The Labute approximate surface area is 108 Å². The largest absolute Gasteiger partial charge is 0.323 e. The summed E-state index contributed by atoms with van der Waals surface area (Å²) in [6, 6.07) is 4.50. The van der Waals surface area contributed by atoms with Gasteiger partial charge < -0.3 is 5.73 Å². The maximum absolute atomic E-state index is 13.7. The number of hydrogen-bond acceptors (Lipinski definition) is 3. The van der Waals surface area contributed by atoms with Crippen molar-refractivity contribution in [2.24, 2.45) is 5.73 Å². The van der Waals surface area contributed by atoms with E-state index in [1.165, 1.54) is 17.4 Å². The summed E-state index contributed by atoms with van der Waals surface area (Å²) in [5, 5.41) is 1.02. The number of thiazole rings is 1. The molecule has 1 unspecified atom stereocenters. The predicted octanol–water partition coefficient (Wildman–Crippen LogP) is 3.93. The second kappa shape index (κ2) is 4.72. The third-order valence-corrected chi connectivity index (χ3v) is 4.03. The van der Waals surface area contributed by atoms with Crippen LogP contribution in [0.1, 0.15) is 23.5 Å². The molecule has 0 radical (unpaired) electrons. The number of nitrogens with two attached hydrogens (primary N) is 1. The molecule has 17 heavy (non-hydrogen) atoms. The van der Waals surface area contributed by atoms with Gasteiger partial charge in [0.1, 0.15) is 10.8 Å². The van der Waals surface area contributed by atoms with Gasteiger partial charge in [0.2, 0.25) is 0 Å². The molecular formula is C12H12ClFN2S. The van der Waals surface area contributed by atoms with Gasteiger partial charge in [-0.05, 0) is 32.0 Å². The molecule has 0 spiro atoms. The van der Waals surface area contributed by atoms with Gasteiger partial charge in [0.15, 0.2) is 0 Å². The van der Waals surface area contributed by atoms with Crippen LogP contribution in [0.15, 0.2) is 18.2 Å². The molecular weight excluding hydrogens is 259 g/mol. The smallest absolute Gasteiger partial charge is 0.134 e. The molecule has 90 valence electrons. The van der Waals surface area contributed by atoms with Crippen LogP contribution in [0.5, 0.6) is 0 Å². The lowest BCUT2D eigenvalue weighted by Gasteiger charge is -2.00. The fraction of sp³-hybridized carbons (Fsp3) is 0.250. The number of aromatic nitrogens is 1. The van der Waals surface area contributed by atoms with Crippen LogP contribution in [-0.2, 0) is 0 Å². The summed E-state index contributed by atoms with van der Waals surface area (Å²) in [6.07, 6.45) is 0. The Hall–Kier alpha value is -0.970. The first-order chi connectivity index (χ1) is 7.99. The van der Waals surface area contributed by atoms with E-state index in [-0.39, 0.29) is 11.9 Å². The van der Waals surface area contributed by atoms with Gasteiger partial charge in [0.25, 0.3) is 0 Å². The normalized spacial score (nSPS) is 12.8. The van der Waals surface area contributed by atoms with Crippen LogP contribution in [0.25, 0.3) is 10.6 Å². The first kappa shape index (κ1) is 12.5. The summed E-state index contributed by atoms with van der Waals surface area (Å²) in [5.41, 5.74) is 7.15. The maximum atomic E-state index is 13.7. The van der Waals surface area contributed by atoms with Crippen molar-refractivity contribution in [3.63, 3.8) is 0 Å². The highest BCUT2D eigenvalue weighted by Gasteiger charge is 2.15. The van der Waals surface area contributed by atoms with Crippen LogP contribution in [0.2, 0.25) is 5.02 Å². The number of benzene rings is 1. The number of rotatable bonds is 2. The summed E-state index contributed by atoms with van der Waals surface area (Å²) < 4.78 is 13.7. The molecule has 1 heterocycles. The number of aryl methyl sites for hydroxylation is 1. The van der Waals surface area contributed by atoms with E-state index in [1.54, 1.807) is 12.1 Å². The lowest BCUT2D eigenvalue weighted by atomic mass is 10.2. The SMILES string of the molecule is Cc1nc(-c2ccc(Cl)cc2F)sc1C(C)N. The summed E-state index contributed by atoms with van der Waals surface area (Å²) in [4.78, 5) is 5.33. The zero-order valence-electron chi connectivity index (χ0n) is 9.50. The van der Waals surface area contributed by atoms with Gasteiger partial charge in [-0.1, -0.05) is 11.6 Å². The predicted molar refractivity (Wildman–Crippen MR) is 69.9 cm³/mol. The quantitative estimate of drug-likeness (QED) is 0.898. The zero-order chi connectivity index (χ0) is 12.6. The highest BCUT2D eigenvalue weighted by molar-refractivity contribution is 7.15. The van der Waals surface area contributed by atoms with Crippen LogP contribution in [0, 0.1) is 12.7 Å². The second-order valence-corrected chi connectivity index (χ2v) is 5.35. The molecule has 0 fully saturated rings. The average molecular weight is 271 g/mol. The number of nitrogens with zero attached hydrogens (tertiary/aromatic N) is 1. The van der Waals surface area contributed by atoms with Crippen molar-refractivity contribution in [1.82, 2.24) is 4.98 Å². The highest BCUT2D eigenvalue weighted by Crippen LogP contribution is 2.33. The first-order valence-corrected chi connectivity index (χ1v) is 6.37. The molecule has 2 aromatic rings. The Kier molecular flexibility index (Phi) is 3.47. The van der Waals surface area contributed by atoms with E-state index < -0.39 is 0 Å². The lowest BCUT2D eigenvalue weighted by molar-refractivity contribution is 0.631. The van der Waals surface area contributed by atoms with Gasteiger partial charge in [-0.25, -0.2) is 9.37 Å². The molecule has 0 saturated heterocycles. The van der Waals surface area contributed by atoms with Crippen molar-refractivity contribution in [3.8, 4) is 10.6 Å². The molecule has 0 bridgehead atoms. The van der Waals surface area contributed by atoms with Crippen LogP contribution in [0.4, 0.5) is 4.39 Å². The van der Waals surface area contributed by atoms with Gasteiger partial charge >= 0.3 is 0 Å². The first-order valence-electron chi connectivity index (χ1n) is 5.17. The standard InChI is InChI=1S/C12H12ClFN2S/c1-6(15)11-7(2)16-12(17-11)9-4-3-8(13)5-10(9)14/h3-6H,15H2,1-2H3. The molecule has 0 aliphatic rings. The molecule has 0 aliphatic carbocycles. The molecule has 0 amide bonds. The van der Waals surface area contributed by atoms with Crippen molar-refractivity contribution >= 4 is 22.9 Å². The van der Waals surface area contributed by atoms with Crippen LogP contribution < -0.4 is 5.73 Å². The zero-order valence-corrected chi connectivity index (χ0v) is 11.1. The van der Waals surface area contributed by atoms with Crippen LogP contribution >= 0.6 is 22.9 Å². The Morgan fingerprint density at radius 1 is 1.47 bits per heavy atom. The fourth-order valence-electron chi connectivity index (χ4n) is 1.61. The average Bonchev–Trinajstić information content (AvgIpc) is 2.60. The van der Waals surface area contributed by atoms with Crippen molar-refractivity contribution < 1.29 is 4.39 Å². The van der Waals surface area contributed by atoms with Crippen molar-refractivity contribution in [2.75, 3.05) is 0 Å². The van der Waals surface area contributed by atoms with E-state index in [1.807, 2.05) is 13.8 Å². The van der Waals surface area contributed by atoms with Gasteiger partial charge in [0, 0.05) is 21.5 Å². The van der Waals surface area contributed by atoms with Gasteiger partial charge in [-0.3, -0.25) is 0 Å². The monoisotopic (exact) mass is 270 g/mol. The van der Waals surface area contributed by atoms with Gasteiger partial charge in [-0.15, -0.1) is 11.3 Å². The van der Waals surface area contributed by atoms with Crippen molar-refractivity contribution in [2.45, 2.75) is 19.9 Å².